The van der Waals surface area contributed by atoms with Crippen LogP contribution in [0.2, 0.25) is 0 Å². The summed E-state index contributed by atoms with van der Waals surface area (Å²) in [5, 5.41) is 3.23. The summed E-state index contributed by atoms with van der Waals surface area (Å²) in [7, 11) is 0. The van der Waals surface area contributed by atoms with Crippen molar-refractivity contribution in [2.24, 2.45) is 0 Å². The van der Waals surface area contributed by atoms with E-state index in [4.69, 9.17) is 5.73 Å². The van der Waals surface area contributed by atoms with Crippen LogP contribution in [0.15, 0.2) is 34.9 Å². The van der Waals surface area contributed by atoms with E-state index in [2.05, 4.69) is 58.1 Å². The van der Waals surface area contributed by atoms with Crippen molar-refractivity contribution in [1.82, 2.24) is 9.97 Å². The van der Waals surface area contributed by atoms with Crippen LogP contribution in [-0.2, 0) is 5.41 Å². The van der Waals surface area contributed by atoms with Gasteiger partial charge in [-0.15, -0.1) is 0 Å². The predicted octanol–water partition coefficient (Wildman–Crippen LogP) is 3.86. The monoisotopic (exact) mass is 320 g/mol. The molecule has 0 aliphatic carbocycles. The van der Waals surface area contributed by atoms with Crippen LogP contribution in [0.5, 0.6) is 0 Å². The molecule has 1 aromatic carbocycles. The summed E-state index contributed by atoms with van der Waals surface area (Å²) in [5.74, 6) is 0.918. The molecule has 2 aromatic rings. The number of rotatable bonds is 2. The highest BCUT2D eigenvalue weighted by Crippen LogP contribution is 2.30. The zero-order valence-electron chi connectivity index (χ0n) is 11.2. The summed E-state index contributed by atoms with van der Waals surface area (Å²) in [6.45, 7) is 6.51. The summed E-state index contributed by atoms with van der Waals surface area (Å²) in [6.07, 6.45) is 0. The highest BCUT2D eigenvalue weighted by atomic mass is 79.9. The topological polar surface area (TPSA) is 63.8 Å². The number of halogens is 1. The molecular weight excluding hydrogens is 304 g/mol. The summed E-state index contributed by atoms with van der Waals surface area (Å²) in [6, 6.07) is 9.80. The van der Waals surface area contributed by atoms with E-state index in [-0.39, 0.29) is 5.41 Å². The van der Waals surface area contributed by atoms with E-state index in [0.717, 1.165) is 5.69 Å². The maximum Gasteiger partial charge on any atom is 0.230 e. The molecule has 0 atom stereocenters. The first kappa shape index (κ1) is 13.8. The number of anilines is 3. The van der Waals surface area contributed by atoms with Crippen molar-refractivity contribution in [3.05, 3.63) is 40.5 Å². The van der Waals surface area contributed by atoms with Gasteiger partial charge in [0.15, 0.2) is 0 Å². The summed E-state index contributed by atoms with van der Waals surface area (Å²) < 4.78 is 0.663. The van der Waals surface area contributed by atoms with Crippen LogP contribution in [0, 0.1) is 0 Å². The Morgan fingerprint density at radius 2 is 1.84 bits per heavy atom. The molecule has 0 bridgehead atoms. The van der Waals surface area contributed by atoms with Gasteiger partial charge >= 0.3 is 0 Å². The van der Waals surface area contributed by atoms with Crippen LogP contribution in [-0.4, -0.2) is 9.97 Å². The van der Waals surface area contributed by atoms with Crippen molar-refractivity contribution >= 4 is 33.4 Å². The molecule has 3 N–H and O–H groups in total. The molecule has 0 unspecified atom stereocenters. The Balaban J connectivity index is 2.38. The van der Waals surface area contributed by atoms with Gasteiger partial charge in [0.25, 0.3) is 0 Å². The zero-order valence-corrected chi connectivity index (χ0v) is 12.8. The van der Waals surface area contributed by atoms with Gasteiger partial charge in [0.1, 0.15) is 10.4 Å². The molecule has 0 radical (unpaired) electrons. The molecule has 5 heteroatoms. The third kappa shape index (κ3) is 3.44. The molecule has 4 nitrogen and oxygen atoms in total. The second kappa shape index (κ2) is 5.17. The van der Waals surface area contributed by atoms with Crippen molar-refractivity contribution in [1.29, 1.82) is 0 Å². The molecule has 0 amide bonds. The van der Waals surface area contributed by atoms with Gasteiger partial charge in [-0.05, 0) is 33.0 Å². The highest BCUT2D eigenvalue weighted by molar-refractivity contribution is 9.10. The van der Waals surface area contributed by atoms with Gasteiger partial charge in [-0.2, -0.15) is 4.98 Å². The lowest BCUT2D eigenvalue weighted by Gasteiger charge is -2.23. The van der Waals surface area contributed by atoms with Crippen LogP contribution in [0.4, 0.5) is 17.5 Å². The van der Waals surface area contributed by atoms with E-state index in [9.17, 15) is 0 Å². The third-order valence-electron chi connectivity index (χ3n) is 2.70. The van der Waals surface area contributed by atoms with Crippen LogP contribution in [0.25, 0.3) is 0 Å². The highest BCUT2D eigenvalue weighted by Gasteiger charge is 2.17. The lowest BCUT2D eigenvalue weighted by Crippen LogP contribution is -2.14. The summed E-state index contributed by atoms with van der Waals surface area (Å²) >= 11 is 3.31. The fourth-order valence-corrected chi connectivity index (χ4v) is 2.26. The van der Waals surface area contributed by atoms with Crippen molar-refractivity contribution in [2.45, 2.75) is 26.2 Å². The second-order valence-electron chi connectivity index (χ2n) is 5.36. The number of nitrogens with zero attached hydrogens (tertiary/aromatic N) is 2. The Morgan fingerprint density at radius 3 is 2.47 bits per heavy atom. The van der Waals surface area contributed by atoms with Crippen LogP contribution in [0.3, 0.4) is 0 Å². The molecule has 1 heterocycles. The number of nitrogens with one attached hydrogen (secondary N) is 1. The number of nitrogens with two attached hydrogens (primary N) is 1. The first-order chi connectivity index (χ1) is 8.86. The third-order valence-corrected chi connectivity index (χ3v) is 3.10. The van der Waals surface area contributed by atoms with E-state index in [1.165, 1.54) is 5.56 Å². The van der Waals surface area contributed by atoms with E-state index in [1.807, 2.05) is 18.2 Å². The van der Waals surface area contributed by atoms with Crippen LogP contribution >= 0.6 is 15.9 Å². The number of aromatic nitrogens is 2. The molecule has 0 aliphatic heterocycles. The van der Waals surface area contributed by atoms with Gasteiger partial charge in [0.05, 0.1) is 0 Å². The maximum absolute atomic E-state index is 5.72. The molecule has 0 fully saturated rings. The maximum atomic E-state index is 5.72. The summed E-state index contributed by atoms with van der Waals surface area (Å²) in [4.78, 5) is 8.44. The normalized spacial score (nSPS) is 11.4. The van der Waals surface area contributed by atoms with Crippen LogP contribution < -0.4 is 11.1 Å². The van der Waals surface area contributed by atoms with Gasteiger partial charge in [-0.3, -0.25) is 0 Å². The first-order valence-electron chi connectivity index (χ1n) is 6.03. The van der Waals surface area contributed by atoms with E-state index < -0.39 is 0 Å². The molecule has 0 saturated carbocycles. The number of benzene rings is 1. The molecule has 1 aromatic heterocycles. The average molecular weight is 321 g/mol. The molecule has 2 rings (SSSR count). The molecule has 100 valence electrons. The molecule has 19 heavy (non-hydrogen) atoms. The first-order valence-corrected chi connectivity index (χ1v) is 6.82. The lowest BCUT2D eigenvalue weighted by atomic mass is 9.86. The Morgan fingerprint density at radius 1 is 1.16 bits per heavy atom. The van der Waals surface area contributed by atoms with Crippen molar-refractivity contribution in [2.75, 3.05) is 11.1 Å². The SMILES string of the molecule is CC(C)(C)c1ccccc1Nc1nc(N)cc(Br)n1. The van der Waals surface area contributed by atoms with Crippen LogP contribution in [0.1, 0.15) is 26.3 Å². The molecule has 0 saturated heterocycles. The van der Waals surface area contributed by atoms with Gasteiger partial charge < -0.3 is 11.1 Å². The molecular formula is C14H17BrN4. The Labute approximate surface area is 121 Å². The molecule has 0 aliphatic rings. The second-order valence-corrected chi connectivity index (χ2v) is 6.17. The van der Waals surface area contributed by atoms with Crippen molar-refractivity contribution in [3.8, 4) is 0 Å². The number of hydrogen-bond donors (Lipinski definition) is 2. The summed E-state index contributed by atoms with van der Waals surface area (Å²) in [5.41, 5.74) is 7.96. The minimum absolute atomic E-state index is 0.0428. The zero-order chi connectivity index (χ0) is 14.0. The minimum Gasteiger partial charge on any atom is -0.383 e. The fraction of sp³-hybridized carbons (Fsp3) is 0.286. The Kier molecular flexibility index (Phi) is 3.75. The largest absolute Gasteiger partial charge is 0.383 e. The standard InChI is InChI=1S/C14H17BrN4/c1-14(2,3)9-6-4-5-7-10(9)17-13-18-11(15)8-12(16)19-13/h4-8H,1-3H3,(H3,16,17,18,19). The Bertz CT molecular complexity index is 570. The fourth-order valence-electron chi connectivity index (χ4n) is 1.86. The quantitative estimate of drug-likeness (QED) is 0.824. The van der Waals surface area contributed by atoms with Crippen molar-refractivity contribution in [3.63, 3.8) is 0 Å². The van der Waals surface area contributed by atoms with Gasteiger partial charge in [-0.1, -0.05) is 39.0 Å². The smallest absolute Gasteiger partial charge is 0.230 e. The van der Waals surface area contributed by atoms with Gasteiger partial charge in [-0.25, -0.2) is 4.98 Å². The van der Waals surface area contributed by atoms with Gasteiger partial charge in [0.2, 0.25) is 5.95 Å². The Hall–Kier alpha value is -1.62. The number of para-hydroxylation sites is 1. The number of hydrogen-bond acceptors (Lipinski definition) is 4. The predicted molar refractivity (Wildman–Crippen MR) is 82.6 cm³/mol. The van der Waals surface area contributed by atoms with E-state index >= 15 is 0 Å². The van der Waals surface area contributed by atoms with E-state index in [0.29, 0.717) is 16.4 Å². The average Bonchev–Trinajstić information content (AvgIpc) is 2.26. The van der Waals surface area contributed by atoms with Crippen molar-refractivity contribution < 1.29 is 0 Å². The minimum atomic E-state index is 0.0428. The lowest BCUT2D eigenvalue weighted by molar-refractivity contribution is 0.592. The molecule has 0 spiro atoms. The number of nitrogen functional groups attached to an aromatic ring is 1. The van der Waals surface area contributed by atoms with E-state index in [1.54, 1.807) is 6.07 Å². The van der Waals surface area contributed by atoms with Gasteiger partial charge in [0, 0.05) is 11.8 Å².